The van der Waals surface area contributed by atoms with Gasteiger partial charge in [-0.15, -0.1) is 0 Å². The van der Waals surface area contributed by atoms with E-state index >= 15 is 0 Å². The second-order valence-corrected chi connectivity index (χ2v) is 4.58. The van der Waals surface area contributed by atoms with Crippen molar-refractivity contribution in [3.05, 3.63) is 32.5 Å². The van der Waals surface area contributed by atoms with Crippen LogP contribution in [0.2, 0.25) is 0 Å². The molecule has 17 heavy (non-hydrogen) atoms. The van der Waals surface area contributed by atoms with Crippen LogP contribution in [0.1, 0.15) is 37.3 Å². The topological polar surface area (TPSA) is 96.2 Å². The second-order valence-electron chi connectivity index (χ2n) is 4.58. The number of H-pyrrole nitrogens is 2. The van der Waals surface area contributed by atoms with E-state index in [1.165, 1.54) is 12.8 Å². The number of hydrogen-bond donors (Lipinski definition) is 3. The fraction of sp³-hybridized carbons (Fsp3) is 0.455. The first-order valence-electron chi connectivity index (χ1n) is 5.80. The average molecular weight is 234 g/mol. The van der Waals surface area contributed by atoms with Gasteiger partial charge in [-0.25, -0.2) is 0 Å². The maximum absolute atomic E-state index is 11.8. The highest BCUT2D eigenvalue weighted by Gasteiger charge is 2.19. The molecule has 2 aromatic rings. The van der Waals surface area contributed by atoms with Crippen LogP contribution in [-0.2, 0) is 0 Å². The molecule has 3 rings (SSSR count). The van der Waals surface area contributed by atoms with Crippen LogP contribution in [0.3, 0.4) is 0 Å². The number of nitrogens with zero attached hydrogens (tertiary/aromatic N) is 1. The van der Waals surface area contributed by atoms with E-state index in [0.717, 1.165) is 23.1 Å². The number of rotatable bonds is 1. The summed E-state index contributed by atoms with van der Waals surface area (Å²) in [6.45, 7) is 0. The molecular weight excluding hydrogens is 220 g/mol. The summed E-state index contributed by atoms with van der Waals surface area (Å²) in [6, 6.07) is 1.55. The number of aromatic amines is 2. The number of nitrogens with two attached hydrogens (primary N) is 1. The third kappa shape index (κ3) is 1.48. The summed E-state index contributed by atoms with van der Waals surface area (Å²) in [5.41, 5.74) is 6.31. The normalized spacial score (nSPS) is 16.9. The highest BCUT2D eigenvalue weighted by atomic mass is 16.1. The molecule has 1 fully saturated rings. The number of anilines is 1. The zero-order chi connectivity index (χ0) is 12.0. The number of fused-ring (bicyclic) bond motifs is 1. The molecule has 4 N–H and O–H groups in total. The van der Waals surface area contributed by atoms with Gasteiger partial charge >= 0.3 is 0 Å². The monoisotopic (exact) mass is 234 g/mol. The molecular formula is C11H14N4O2. The summed E-state index contributed by atoms with van der Waals surface area (Å²) in [6.07, 6.45) is 4.54. The van der Waals surface area contributed by atoms with Gasteiger partial charge in [0.1, 0.15) is 5.69 Å². The Morgan fingerprint density at radius 1 is 1.29 bits per heavy atom. The summed E-state index contributed by atoms with van der Waals surface area (Å²) >= 11 is 0. The summed E-state index contributed by atoms with van der Waals surface area (Å²) in [4.78, 5) is 26.3. The highest BCUT2D eigenvalue weighted by molar-refractivity contribution is 5.63. The van der Waals surface area contributed by atoms with Crippen molar-refractivity contribution in [1.82, 2.24) is 14.6 Å². The third-order valence-electron chi connectivity index (χ3n) is 3.49. The predicted octanol–water partition coefficient (Wildman–Crippen LogP) is 0.556. The van der Waals surface area contributed by atoms with Crippen molar-refractivity contribution in [3.8, 4) is 0 Å². The molecule has 90 valence electrons. The van der Waals surface area contributed by atoms with Crippen LogP contribution in [0.25, 0.3) is 5.65 Å². The van der Waals surface area contributed by atoms with E-state index in [2.05, 4.69) is 10.1 Å². The Labute approximate surface area is 96.4 Å². The molecule has 1 aliphatic rings. The summed E-state index contributed by atoms with van der Waals surface area (Å²) in [7, 11) is 0. The molecule has 0 aliphatic heterocycles. The summed E-state index contributed by atoms with van der Waals surface area (Å²) < 4.78 is 1.16. The van der Waals surface area contributed by atoms with Crippen molar-refractivity contribution in [1.29, 1.82) is 0 Å². The van der Waals surface area contributed by atoms with Gasteiger partial charge in [0.15, 0.2) is 5.65 Å². The van der Waals surface area contributed by atoms with Gasteiger partial charge in [0.05, 0.1) is 0 Å². The minimum Gasteiger partial charge on any atom is -0.391 e. The molecule has 2 aromatic heterocycles. The van der Waals surface area contributed by atoms with E-state index in [1.54, 1.807) is 6.07 Å². The Kier molecular flexibility index (Phi) is 2.10. The highest BCUT2D eigenvalue weighted by Crippen LogP contribution is 2.32. The van der Waals surface area contributed by atoms with Crippen LogP contribution in [0.5, 0.6) is 0 Å². The Balaban J connectivity index is 2.25. The van der Waals surface area contributed by atoms with Gasteiger partial charge < -0.3 is 10.7 Å². The lowest BCUT2D eigenvalue weighted by Gasteiger charge is -2.09. The number of nitrogen functional groups attached to an aromatic ring is 1. The molecule has 0 unspecified atom stereocenters. The predicted molar refractivity (Wildman–Crippen MR) is 64.3 cm³/mol. The quantitative estimate of drug-likeness (QED) is 0.672. The lowest BCUT2D eigenvalue weighted by molar-refractivity contribution is 0.691. The van der Waals surface area contributed by atoms with E-state index in [4.69, 9.17) is 5.73 Å². The molecule has 1 aliphatic carbocycles. The van der Waals surface area contributed by atoms with Crippen molar-refractivity contribution in [2.24, 2.45) is 0 Å². The molecule has 2 heterocycles. The molecule has 0 bridgehead atoms. The van der Waals surface area contributed by atoms with Gasteiger partial charge in [0.25, 0.3) is 11.1 Å². The maximum Gasteiger partial charge on any atom is 0.289 e. The number of nitrogens with one attached hydrogen (secondary N) is 2. The molecule has 0 atom stereocenters. The summed E-state index contributed by atoms with van der Waals surface area (Å²) in [5.74, 6) is 0.386. The van der Waals surface area contributed by atoms with E-state index in [9.17, 15) is 9.59 Å². The van der Waals surface area contributed by atoms with E-state index in [0.29, 0.717) is 11.6 Å². The minimum atomic E-state index is -0.429. The van der Waals surface area contributed by atoms with Crippen LogP contribution < -0.4 is 16.9 Å². The zero-order valence-electron chi connectivity index (χ0n) is 9.32. The first-order valence-corrected chi connectivity index (χ1v) is 5.80. The molecule has 0 radical (unpaired) electrons. The Morgan fingerprint density at radius 2 is 2.00 bits per heavy atom. The first kappa shape index (κ1) is 10.2. The van der Waals surface area contributed by atoms with Crippen molar-refractivity contribution in [3.63, 3.8) is 0 Å². The van der Waals surface area contributed by atoms with E-state index in [1.807, 2.05) is 0 Å². The van der Waals surface area contributed by atoms with Gasteiger partial charge in [-0.05, 0) is 18.8 Å². The summed E-state index contributed by atoms with van der Waals surface area (Å²) in [5, 5.41) is 2.41. The smallest absolute Gasteiger partial charge is 0.289 e. The SMILES string of the molecule is Nc1c(=O)[nH]n2c(=O)cc(C3CCCC3)[nH]c12. The number of hydrogen-bond acceptors (Lipinski definition) is 3. The molecule has 6 nitrogen and oxygen atoms in total. The standard InChI is InChI=1S/C11H14N4O2/c12-9-10-13-7(6-3-1-2-4-6)5-8(16)15(10)14-11(9)17/h5-6,13H,1-4,12H2,(H,14,17). The van der Waals surface area contributed by atoms with Crippen molar-refractivity contribution in [2.75, 3.05) is 5.73 Å². The van der Waals surface area contributed by atoms with Crippen LogP contribution in [0.4, 0.5) is 5.69 Å². The second kappa shape index (κ2) is 3.51. The van der Waals surface area contributed by atoms with E-state index in [-0.39, 0.29) is 11.2 Å². The fourth-order valence-electron chi connectivity index (χ4n) is 2.56. The molecule has 0 amide bonds. The van der Waals surface area contributed by atoms with Crippen LogP contribution >= 0.6 is 0 Å². The van der Waals surface area contributed by atoms with Crippen molar-refractivity contribution in [2.45, 2.75) is 31.6 Å². The Hall–Kier alpha value is -1.98. The van der Waals surface area contributed by atoms with Crippen molar-refractivity contribution >= 4 is 11.3 Å². The maximum atomic E-state index is 11.8. The van der Waals surface area contributed by atoms with Gasteiger partial charge in [-0.3, -0.25) is 14.7 Å². The third-order valence-corrected chi connectivity index (χ3v) is 3.49. The first-order chi connectivity index (χ1) is 8.16. The molecule has 1 saturated carbocycles. The Bertz CT molecular complexity index is 673. The zero-order valence-corrected chi connectivity index (χ0v) is 9.32. The van der Waals surface area contributed by atoms with Gasteiger partial charge in [0, 0.05) is 11.8 Å². The van der Waals surface area contributed by atoms with Crippen molar-refractivity contribution < 1.29 is 0 Å². The van der Waals surface area contributed by atoms with Crippen LogP contribution in [0.15, 0.2) is 15.7 Å². The lowest BCUT2D eigenvalue weighted by Crippen LogP contribution is -2.17. The van der Waals surface area contributed by atoms with Crippen LogP contribution in [-0.4, -0.2) is 14.6 Å². The molecule has 0 spiro atoms. The van der Waals surface area contributed by atoms with Crippen LogP contribution in [0, 0.1) is 0 Å². The average Bonchev–Trinajstić information content (AvgIpc) is 2.91. The molecule has 0 saturated heterocycles. The van der Waals surface area contributed by atoms with E-state index < -0.39 is 5.56 Å². The van der Waals surface area contributed by atoms with Gasteiger partial charge in [-0.2, -0.15) is 4.52 Å². The van der Waals surface area contributed by atoms with Gasteiger partial charge in [-0.1, -0.05) is 12.8 Å². The number of aromatic nitrogens is 3. The molecule has 6 heteroatoms. The fourth-order valence-corrected chi connectivity index (χ4v) is 2.56. The minimum absolute atomic E-state index is 0.0712. The Morgan fingerprint density at radius 3 is 2.71 bits per heavy atom. The lowest BCUT2D eigenvalue weighted by atomic mass is 10.0. The van der Waals surface area contributed by atoms with Gasteiger partial charge in [0.2, 0.25) is 0 Å². The largest absolute Gasteiger partial charge is 0.391 e. The molecule has 0 aromatic carbocycles.